The van der Waals surface area contributed by atoms with Gasteiger partial charge in [0.15, 0.2) is 11.5 Å². The largest absolute Gasteiger partial charge is 0.490 e. The van der Waals surface area contributed by atoms with Crippen molar-refractivity contribution in [2.75, 3.05) is 6.61 Å². The van der Waals surface area contributed by atoms with E-state index in [1.807, 2.05) is 19.1 Å². The fraction of sp³-hybridized carbons (Fsp3) is 0.148. The summed E-state index contributed by atoms with van der Waals surface area (Å²) >= 11 is 0.827. The fourth-order valence-corrected chi connectivity index (χ4v) is 4.44. The van der Waals surface area contributed by atoms with E-state index in [9.17, 15) is 25.0 Å². The third-order valence-electron chi connectivity index (χ3n) is 5.45. The smallest absolute Gasteiger partial charge is 0.293 e. The molecule has 37 heavy (non-hydrogen) atoms. The number of hydrogen-bond donors (Lipinski definition) is 0. The highest BCUT2D eigenvalue weighted by molar-refractivity contribution is 8.18. The lowest BCUT2D eigenvalue weighted by molar-refractivity contribution is -0.384. The Morgan fingerprint density at radius 3 is 2.51 bits per heavy atom. The summed E-state index contributed by atoms with van der Waals surface area (Å²) in [4.78, 5) is 37.1. The minimum atomic E-state index is -0.509. The summed E-state index contributed by atoms with van der Waals surface area (Å²) in [6, 6.07) is 20.2. The van der Waals surface area contributed by atoms with Gasteiger partial charge >= 0.3 is 0 Å². The van der Waals surface area contributed by atoms with Crippen LogP contribution in [0.4, 0.5) is 10.5 Å². The Balaban J connectivity index is 1.50. The van der Waals surface area contributed by atoms with Crippen molar-refractivity contribution >= 4 is 34.7 Å². The number of thioether (sulfide) groups is 1. The SMILES string of the molecule is CCOc1cc(/C=C2\SC(=O)N(Cc3ccc([N+](=O)[O-])cc3)C2=O)ccc1OCc1ccccc1C#N. The summed E-state index contributed by atoms with van der Waals surface area (Å²) in [7, 11) is 0. The zero-order valence-corrected chi connectivity index (χ0v) is 20.6. The first-order valence-corrected chi connectivity index (χ1v) is 12.1. The minimum absolute atomic E-state index is 0.0150. The second-order valence-corrected chi connectivity index (χ2v) is 8.88. The molecule has 10 heteroatoms. The van der Waals surface area contributed by atoms with Crippen molar-refractivity contribution in [2.45, 2.75) is 20.1 Å². The van der Waals surface area contributed by atoms with Gasteiger partial charge in [-0.2, -0.15) is 5.26 Å². The van der Waals surface area contributed by atoms with E-state index in [2.05, 4.69) is 6.07 Å². The Morgan fingerprint density at radius 1 is 1.05 bits per heavy atom. The van der Waals surface area contributed by atoms with Crippen LogP contribution in [0.25, 0.3) is 6.08 Å². The summed E-state index contributed by atoms with van der Waals surface area (Å²) < 4.78 is 11.6. The van der Waals surface area contributed by atoms with Crippen molar-refractivity contribution in [1.82, 2.24) is 4.90 Å². The number of non-ortho nitro benzene ring substituents is 1. The maximum absolute atomic E-state index is 12.9. The highest BCUT2D eigenvalue weighted by Crippen LogP contribution is 2.36. The first-order valence-electron chi connectivity index (χ1n) is 11.3. The number of rotatable bonds is 9. The van der Waals surface area contributed by atoms with Gasteiger partial charge in [-0.3, -0.25) is 24.6 Å². The standard InChI is InChI=1S/C27H21N3O6S/c1-2-35-24-13-19(9-12-23(24)36-17-21-6-4-3-5-20(21)15-28)14-25-26(31)29(27(32)37-25)16-18-7-10-22(11-8-18)30(33)34/h3-14H,2,16-17H2,1H3/b25-14-. The fourth-order valence-electron chi connectivity index (χ4n) is 3.61. The molecule has 0 spiro atoms. The summed E-state index contributed by atoms with van der Waals surface area (Å²) in [5.74, 6) is 0.508. The summed E-state index contributed by atoms with van der Waals surface area (Å²) in [5, 5.41) is 19.7. The molecule has 0 atom stereocenters. The molecule has 3 aromatic carbocycles. The van der Waals surface area contributed by atoms with Gasteiger partial charge in [0.2, 0.25) is 0 Å². The van der Waals surface area contributed by atoms with Crippen LogP contribution in [0.3, 0.4) is 0 Å². The Labute approximate surface area is 217 Å². The molecule has 0 aliphatic carbocycles. The average molecular weight is 516 g/mol. The van der Waals surface area contributed by atoms with E-state index in [0.29, 0.717) is 34.8 Å². The molecule has 0 unspecified atom stereocenters. The highest BCUT2D eigenvalue weighted by Gasteiger charge is 2.35. The topological polar surface area (TPSA) is 123 Å². The number of nitro groups is 1. The third kappa shape index (κ3) is 5.97. The van der Waals surface area contributed by atoms with Gasteiger partial charge in [-0.25, -0.2) is 0 Å². The van der Waals surface area contributed by atoms with Crippen molar-refractivity contribution in [3.8, 4) is 17.6 Å². The lowest BCUT2D eigenvalue weighted by atomic mass is 10.1. The van der Waals surface area contributed by atoms with Crippen LogP contribution in [-0.4, -0.2) is 27.6 Å². The molecule has 0 saturated carbocycles. The van der Waals surface area contributed by atoms with Crippen LogP contribution in [0.5, 0.6) is 11.5 Å². The zero-order valence-electron chi connectivity index (χ0n) is 19.7. The predicted octanol–water partition coefficient (Wildman–Crippen LogP) is 5.68. The van der Waals surface area contributed by atoms with Gasteiger partial charge in [0.25, 0.3) is 16.8 Å². The monoisotopic (exact) mass is 515 g/mol. The van der Waals surface area contributed by atoms with Crippen LogP contribution in [0, 0.1) is 21.4 Å². The van der Waals surface area contributed by atoms with Gasteiger partial charge in [0, 0.05) is 17.7 Å². The summed E-state index contributed by atoms with van der Waals surface area (Å²) in [6.07, 6.45) is 1.61. The Bertz CT molecular complexity index is 1430. The molecule has 4 rings (SSSR count). The number of benzene rings is 3. The number of ether oxygens (including phenoxy) is 2. The Morgan fingerprint density at radius 2 is 1.81 bits per heavy atom. The maximum atomic E-state index is 12.9. The van der Waals surface area contributed by atoms with Crippen molar-refractivity contribution in [3.63, 3.8) is 0 Å². The first kappa shape index (κ1) is 25.5. The molecule has 0 bridgehead atoms. The molecule has 1 saturated heterocycles. The van der Waals surface area contributed by atoms with Gasteiger partial charge < -0.3 is 9.47 Å². The molecule has 0 aromatic heterocycles. The average Bonchev–Trinajstić information content (AvgIpc) is 3.16. The molecule has 1 aliphatic heterocycles. The first-order chi connectivity index (χ1) is 17.9. The molecule has 2 amide bonds. The molecule has 1 aliphatic rings. The third-order valence-corrected chi connectivity index (χ3v) is 6.36. The van der Waals surface area contributed by atoms with Gasteiger partial charge in [-0.1, -0.05) is 36.4 Å². The van der Waals surface area contributed by atoms with Crippen molar-refractivity contribution in [2.24, 2.45) is 0 Å². The van der Waals surface area contributed by atoms with Crippen molar-refractivity contribution in [1.29, 1.82) is 5.26 Å². The molecule has 1 fully saturated rings. The second-order valence-electron chi connectivity index (χ2n) is 7.89. The Hall–Kier alpha value is -4.62. The van der Waals surface area contributed by atoms with Crippen LogP contribution >= 0.6 is 11.8 Å². The summed E-state index contributed by atoms with van der Waals surface area (Å²) in [6.45, 7) is 2.43. The number of carbonyl (C=O) groups is 2. The van der Waals surface area contributed by atoms with Crippen molar-refractivity contribution in [3.05, 3.63) is 104 Å². The highest BCUT2D eigenvalue weighted by atomic mass is 32.2. The van der Waals surface area contributed by atoms with E-state index in [0.717, 1.165) is 22.2 Å². The minimum Gasteiger partial charge on any atom is -0.490 e. The number of imide groups is 1. The van der Waals surface area contributed by atoms with Crippen LogP contribution in [0.15, 0.2) is 71.6 Å². The maximum Gasteiger partial charge on any atom is 0.293 e. The molecular weight excluding hydrogens is 494 g/mol. The molecule has 1 heterocycles. The van der Waals surface area contributed by atoms with Crippen LogP contribution in [-0.2, 0) is 17.9 Å². The predicted molar refractivity (Wildman–Crippen MR) is 138 cm³/mol. The number of carbonyl (C=O) groups excluding carboxylic acids is 2. The quantitative estimate of drug-likeness (QED) is 0.203. The Kier molecular flexibility index (Phi) is 7.86. The van der Waals surface area contributed by atoms with Crippen molar-refractivity contribution < 1.29 is 24.0 Å². The van der Waals surface area contributed by atoms with Gasteiger partial charge in [-0.05, 0) is 54.1 Å². The van der Waals surface area contributed by atoms with Gasteiger partial charge in [-0.15, -0.1) is 0 Å². The molecule has 0 N–H and O–H groups in total. The van der Waals surface area contributed by atoms with Crippen LogP contribution in [0.2, 0.25) is 0 Å². The van der Waals surface area contributed by atoms with Crippen LogP contribution in [0.1, 0.15) is 29.2 Å². The normalized spacial score (nSPS) is 14.1. The van der Waals surface area contributed by atoms with E-state index in [1.54, 1.807) is 36.4 Å². The molecule has 0 radical (unpaired) electrons. The summed E-state index contributed by atoms with van der Waals surface area (Å²) in [5.41, 5.74) is 2.46. The zero-order chi connectivity index (χ0) is 26.4. The molecule has 186 valence electrons. The van der Waals surface area contributed by atoms with Gasteiger partial charge in [0.05, 0.1) is 34.6 Å². The van der Waals surface area contributed by atoms with Gasteiger partial charge in [0.1, 0.15) is 6.61 Å². The number of nitro benzene ring substituents is 1. The van der Waals surface area contributed by atoms with E-state index in [-0.39, 0.29) is 23.7 Å². The van der Waals surface area contributed by atoms with E-state index in [1.165, 1.54) is 24.3 Å². The number of hydrogen-bond acceptors (Lipinski definition) is 8. The van der Waals surface area contributed by atoms with Crippen LogP contribution < -0.4 is 9.47 Å². The number of nitriles is 1. The molecule has 3 aromatic rings. The number of nitrogens with zero attached hydrogens (tertiary/aromatic N) is 3. The molecule has 9 nitrogen and oxygen atoms in total. The van der Waals surface area contributed by atoms with E-state index < -0.39 is 16.1 Å². The molecular formula is C27H21N3O6S. The lowest BCUT2D eigenvalue weighted by Gasteiger charge is -2.13. The van der Waals surface area contributed by atoms with E-state index in [4.69, 9.17) is 9.47 Å². The number of amides is 2. The van der Waals surface area contributed by atoms with E-state index >= 15 is 0 Å². The lowest BCUT2D eigenvalue weighted by Crippen LogP contribution is -2.27. The second kappa shape index (κ2) is 11.4.